The lowest BCUT2D eigenvalue weighted by molar-refractivity contribution is -0.128. The maximum atomic E-state index is 11.9. The lowest BCUT2D eigenvalue weighted by Crippen LogP contribution is -2.40. The molecule has 2 saturated carbocycles. The number of hydrogen-bond donors (Lipinski definition) is 3. The van der Waals surface area contributed by atoms with Gasteiger partial charge in [0.15, 0.2) is 0 Å². The Balaban J connectivity index is 2.36. The minimum Gasteiger partial charge on any atom is -0.308 e. The summed E-state index contributed by atoms with van der Waals surface area (Å²) in [6.07, 6.45) is 2.16. The third-order valence-corrected chi connectivity index (χ3v) is 5.46. The number of carbonyl (C=O) groups is 1. The van der Waals surface area contributed by atoms with Crippen molar-refractivity contribution in [3.05, 3.63) is 0 Å². The highest BCUT2D eigenvalue weighted by Crippen LogP contribution is 2.66. The summed E-state index contributed by atoms with van der Waals surface area (Å²) < 4.78 is 27.6. The number of rotatable bonds is 2. The Morgan fingerprint density at radius 2 is 2.00 bits per heavy atom. The predicted octanol–water partition coefficient (Wildman–Crippen LogP) is 2.61. The molecule has 0 spiro atoms. The third-order valence-electron chi connectivity index (χ3n) is 4.58. The zero-order valence-electron chi connectivity index (χ0n) is 9.06. The normalized spacial score (nSPS) is 39.8. The molecule has 2 fully saturated rings. The molecule has 15 heavy (non-hydrogen) atoms. The van der Waals surface area contributed by atoms with Gasteiger partial charge in [0.25, 0.3) is 0 Å². The van der Waals surface area contributed by atoms with E-state index in [0.29, 0.717) is 18.8 Å². The van der Waals surface area contributed by atoms with E-state index in [1.165, 1.54) is 0 Å². The van der Waals surface area contributed by atoms with Gasteiger partial charge in [-0.15, -0.1) is 0 Å². The van der Waals surface area contributed by atoms with E-state index in [-0.39, 0.29) is 17.0 Å². The summed E-state index contributed by atoms with van der Waals surface area (Å²) in [7, 11) is -3.58. The summed E-state index contributed by atoms with van der Waals surface area (Å²) in [4.78, 5) is 11.9. The zero-order valence-corrected chi connectivity index (χ0v) is 9.88. The van der Waals surface area contributed by atoms with Crippen molar-refractivity contribution in [2.75, 3.05) is 5.75 Å². The van der Waals surface area contributed by atoms with Crippen molar-refractivity contribution in [2.45, 2.75) is 33.1 Å². The Hall–Kier alpha value is -0.100. The number of hydrogen-bond acceptors (Lipinski definition) is 4. The highest BCUT2D eigenvalue weighted by molar-refractivity contribution is 8.19. The minimum absolute atomic E-state index is 0.0952. The van der Waals surface area contributed by atoms with Crippen LogP contribution in [-0.2, 0) is 4.79 Å². The van der Waals surface area contributed by atoms with Gasteiger partial charge in [0, 0.05) is 11.8 Å². The molecule has 0 radical (unpaired) electrons. The number of ketones is 1. The molecule has 0 saturated heterocycles. The monoisotopic (exact) mass is 234 g/mol. The van der Waals surface area contributed by atoms with E-state index < -0.39 is 16.3 Å². The average molecular weight is 234 g/mol. The highest BCUT2D eigenvalue weighted by Gasteiger charge is 2.65. The van der Waals surface area contributed by atoms with Gasteiger partial charge in [-0.3, -0.25) is 4.79 Å². The molecule has 3 N–H and O–H groups in total. The zero-order chi connectivity index (χ0) is 11.5. The number of carbonyl (C=O) groups excluding carboxylic acids is 1. The van der Waals surface area contributed by atoms with Crippen LogP contribution in [0.4, 0.5) is 0 Å². The van der Waals surface area contributed by atoms with Crippen molar-refractivity contribution in [1.29, 1.82) is 0 Å². The molecule has 0 aliphatic heterocycles. The van der Waals surface area contributed by atoms with E-state index in [0.717, 1.165) is 6.42 Å². The van der Waals surface area contributed by atoms with E-state index in [1.807, 2.05) is 13.8 Å². The van der Waals surface area contributed by atoms with Crippen LogP contribution in [0.3, 0.4) is 0 Å². The van der Waals surface area contributed by atoms with Crippen molar-refractivity contribution in [2.24, 2.45) is 16.7 Å². The molecule has 0 aromatic heterocycles. The number of Topliss-reactive ketones (excluding diaryl/α,β-unsaturated/α-hetero) is 1. The molecule has 0 aromatic carbocycles. The van der Waals surface area contributed by atoms with E-state index >= 15 is 0 Å². The summed E-state index contributed by atoms with van der Waals surface area (Å²) in [5, 5.41) is 0. The van der Waals surface area contributed by atoms with Crippen LogP contribution >= 0.6 is 10.9 Å². The molecule has 2 rings (SSSR count). The number of fused-ring (bicyclic) bond motifs is 2. The fourth-order valence-corrected chi connectivity index (χ4v) is 4.78. The molecule has 2 aliphatic carbocycles. The summed E-state index contributed by atoms with van der Waals surface area (Å²) in [6.45, 7) is 4.00. The summed E-state index contributed by atoms with van der Waals surface area (Å²) >= 11 is 0. The second kappa shape index (κ2) is 2.97. The maximum absolute atomic E-state index is 11.9. The van der Waals surface area contributed by atoms with Gasteiger partial charge in [-0.25, -0.2) is 0 Å². The molecule has 0 heterocycles. The fourth-order valence-electron chi connectivity index (χ4n) is 3.44. The van der Waals surface area contributed by atoms with E-state index in [1.54, 1.807) is 0 Å². The van der Waals surface area contributed by atoms with Crippen LogP contribution in [0.2, 0.25) is 0 Å². The molecule has 0 aromatic rings. The van der Waals surface area contributed by atoms with Gasteiger partial charge < -0.3 is 13.7 Å². The van der Waals surface area contributed by atoms with E-state index in [4.69, 9.17) is 0 Å². The topological polar surface area (TPSA) is 77.8 Å². The molecule has 0 amide bonds. The molecule has 2 unspecified atom stereocenters. The van der Waals surface area contributed by atoms with Gasteiger partial charge in [0.05, 0.1) is 16.6 Å². The Bertz CT molecular complexity index is 307. The van der Waals surface area contributed by atoms with Gasteiger partial charge >= 0.3 is 0 Å². The Morgan fingerprint density at radius 1 is 1.40 bits per heavy atom. The minimum atomic E-state index is -3.58. The van der Waals surface area contributed by atoms with Crippen LogP contribution in [0.25, 0.3) is 0 Å². The van der Waals surface area contributed by atoms with Crippen LogP contribution < -0.4 is 0 Å². The van der Waals surface area contributed by atoms with Gasteiger partial charge in [-0.05, 0) is 24.2 Å². The Morgan fingerprint density at radius 3 is 2.33 bits per heavy atom. The Labute approximate surface area is 91.2 Å². The first kappa shape index (κ1) is 11.4. The molecule has 2 atom stereocenters. The average Bonchev–Trinajstić information content (AvgIpc) is 2.34. The first-order valence-corrected chi connectivity index (χ1v) is 6.88. The van der Waals surface area contributed by atoms with Crippen LogP contribution in [0, 0.1) is 16.7 Å². The van der Waals surface area contributed by atoms with Gasteiger partial charge in [0.2, 0.25) is 0 Å². The summed E-state index contributed by atoms with van der Waals surface area (Å²) in [5.74, 6) is 0.257. The van der Waals surface area contributed by atoms with E-state index in [2.05, 4.69) is 0 Å². The molecule has 5 heteroatoms. The van der Waals surface area contributed by atoms with Crippen LogP contribution in [0.15, 0.2) is 0 Å². The standard InChI is InChI=1S/C10H18O4S/c1-9(2)7-3-4-10(9,8(11)5-7)6-15(12,13)14/h7,12-14H,3-6H2,1-2H3. The van der Waals surface area contributed by atoms with Crippen molar-refractivity contribution >= 4 is 16.7 Å². The summed E-state index contributed by atoms with van der Waals surface area (Å²) in [6, 6.07) is 0. The SMILES string of the molecule is CC1(C)C2CCC1(CS(O)(O)O)C(=O)C2. The maximum Gasteiger partial charge on any atom is 0.140 e. The van der Waals surface area contributed by atoms with Crippen molar-refractivity contribution in [3.63, 3.8) is 0 Å². The lowest BCUT2D eigenvalue weighted by atomic mass is 9.70. The van der Waals surface area contributed by atoms with Crippen LogP contribution in [0.1, 0.15) is 33.1 Å². The first-order valence-electron chi connectivity index (χ1n) is 5.21. The quantitative estimate of drug-likeness (QED) is 0.686. The second-order valence-electron chi connectivity index (χ2n) is 5.44. The molecular formula is C10H18O4S. The van der Waals surface area contributed by atoms with Gasteiger partial charge in [-0.1, -0.05) is 13.8 Å². The van der Waals surface area contributed by atoms with Gasteiger partial charge in [-0.2, -0.15) is 0 Å². The molecule has 2 aliphatic rings. The molecular weight excluding hydrogens is 216 g/mol. The van der Waals surface area contributed by atoms with Crippen molar-refractivity contribution in [1.82, 2.24) is 0 Å². The summed E-state index contributed by atoms with van der Waals surface area (Å²) in [5.41, 5.74) is -0.915. The van der Waals surface area contributed by atoms with Gasteiger partial charge in [0.1, 0.15) is 5.78 Å². The highest BCUT2D eigenvalue weighted by atomic mass is 32.3. The molecule has 4 nitrogen and oxygen atoms in total. The fraction of sp³-hybridized carbons (Fsp3) is 0.900. The van der Waals surface area contributed by atoms with Crippen molar-refractivity contribution in [3.8, 4) is 0 Å². The molecule has 2 bridgehead atoms. The smallest absolute Gasteiger partial charge is 0.140 e. The third kappa shape index (κ3) is 1.45. The second-order valence-corrected chi connectivity index (χ2v) is 7.00. The Kier molecular flexibility index (Phi) is 2.26. The van der Waals surface area contributed by atoms with Crippen LogP contribution in [0.5, 0.6) is 0 Å². The first-order chi connectivity index (χ1) is 6.69. The van der Waals surface area contributed by atoms with Crippen molar-refractivity contribution < 1.29 is 18.5 Å². The predicted molar refractivity (Wildman–Crippen MR) is 58.9 cm³/mol. The lowest BCUT2D eigenvalue weighted by Gasteiger charge is -2.39. The van der Waals surface area contributed by atoms with Crippen LogP contribution in [-0.4, -0.2) is 25.2 Å². The van der Waals surface area contributed by atoms with E-state index in [9.17, 15) is 18.5 Å². The molecule has 88 valence electrons. The largest absolute Gasteiger partial charge is 0.308 e.